The molecule has 34 heavy (non-hydrogen) atoms. The fraction of sp³-hybridized carbons (Fsp3) is 0.250. The van der Waals surface area contributed by atoms with Gasteiger partial charge < -0.3 is 10.3 Å². The molecule has 1 fully saturated rings. The first kappa shape index (κ1) is 22.5. The lowest BCUT2D eigenvalue weighted by molar-refractivity contribution is 0.317. The summed E-state index contributed by atoms with van der Waals surface area (Å²) in [5.74, 6) is -0.163. The highest BCUT2D eigenvalue weighted by atomic mass is 32.2. The zero-order chi connectivity index (χ0) is 23.7. The molecule has 0 radical (unpaired) electrons. The largest absolute Gasteiger partial charge is 0.381 e. The molecule has 3 aromatic heterocycles. The van der Waals surface area contributed by atoms with E-state index in [4.69, 9.17) is 5.14 Å². The standard InChI is InChI=1S/C24H25FN6O2S/c25-22-2-1-18(29-15-16-3-8-27-9-4-16)13-20(22)19-5-10-28-24-21(19)14-23(30-24)17-6-11-31(12-7-17)34(26,32)33/h1-5,8-10,13-14,17,29H,6-7,11-12,15H2,(H,28,30)(H2,26,32,33). The Balaban J connectivity index is 1.41. The molecule has 176 valence electrons. The summed E-state index contributed by atoms with van der Waals surface area (Å²) >= 11 is 0. The van der Waals surface area contributed by atoms with Gasteiger partial charge in [-0.3, -0.25) is 4.98 Å². The summed E-state index contributed by atoms with van der Waals surface area (Å²) < 4.78 is 39.4. The van der Waals surface area contributed by atoms with Crippen LogP contribution in [0.1, 0.15) is 30.0 Å². The second-order valence-electron chi connectivity index (χ2n) is 8.47. The third kappa shape index (κ3) is 4.65. The number of nitrogens with one attached hydrogen (secondary N) is 2. The van der Waals surface area contributed by atoms with Crippen molar-refractivity contribution in [1.82, 2.24) is 19.3 Å². The number of nitrogens with two attached hydrogens (primary N) is 1. The molecule has 5 rings (SSSR count). The molecule has 4 aromatic rings. The highest BCUT2D eigenvalue weighted by molar-refractivity contribution is 7.86. The van der Waals surface area contributed by atoms with Crippen LogP contribution in [0, 0.1) is 5.82 Å². The first-order valence-electron chi connectivity index (χ1n) is 11.1. The van der Waals surface area contributed by atoms with E-state index >= 15 is 0 Å². The van der Waals surface area contributed by atoms with Crippen LogP contribution in [-0.2, 0) is 16.8 Å². The van der Waals surface area contributed by atoms with Crippen LogP contribution in [0.4, 0.5) is 10.1 Å². The Labute approximate surface area is 197 Å². The van der Waals surface area contributed by atoms with Crippen LogP contribution in [0.5, 0.6) is 0 Å². The van der Waals surface area contributed by atoms with Gasteiger partial charge in [0.15, 0.2) is 0 Å². The van der Waals surface area contributed by atoms with Crippen LogP contribution >= 0.6 is 0 Å². The molecule has 0 unspecified atom stereocenters. The number of anilines is 1. The predicted molar refractivity (Wildman–Crippen MR) is 130 cm³/mol. The Morgan fingerprint density at radius 1 is 1.06 bits per heavy atom. The third-order valence-corrected chi connectivity index (χ3v) is 7.39. The van der Waals surface area contributed by atoms with Gasteiger partial charge >= 0.3 is 0 Å². The number of hydrogen-bond acceptors (Lipinski definition) is 5. The number of piperidine rings is 1. The van der Waals surface area contributed by atoms with E-state index in [0.29, 0.717) is 43.7 Å². The van der Waals surface area contributed by atoms with Crippen molar-refractivity contribution in [3.63, 3.8) is 0 Å². The normalized spacial score (nSPS) is 15.6. The Kier molecular flexibility index (Phi) is 6.03. The number of hydrogen-bond donors (Lipinski definition) is 3. The van der Waals surface area contributed by atoms with Crippen molar-refractivity contribution >= 4 is 26.9 Å². The molecule has 1 aliphatic rings. The van der Waals surface area contributed by atoms with Gasteiger partial charge in [-0.2, -0.15) is 12.7 Å². The predicted octanol–water partition coefficient (Wildman–Crippen LogP) is 3.76. The van der Waals surface area contributed by atoms with Crippen LogP contribution in [-0.4, -0.2) is 40.8 Å². The van der Waals surface area contributed by atoms with Gasteiger partial charge in [0.1, 0.15) is 11.5 Å². The first-order valence-corrected chi connectivity index (χ1v) is 12.6. The molecule has 0 spiro atoms. The number of aromatic nitrogens is 3. The van der Waals surface area contributed by atoms with E-state index in [1.54, 1.807) is 24.7 Å². The molecule has 0 aliphatic carbocycles. The topological polar surface area (TPSA) is 117 Å². The maximum atomic E-state index is 14.9. The van der Waals surface area contributed by atoms with Crippen LogP contribution in [0.2, 0.25) is 0 Å². The maximum Gasteiger partial charge on any atom is 0.276 e. The molecule has 0 saturated carbocycles. The monoisotopic (exact) mass is 480 g/mol. The Hall–Kier alpha value is -3.34. The molecule has 4 heterocycles. The van der Waals surface area contributed by atoms with Crippen LogP contribution in [0.25, 0.3) is 22.2 Å². The summed E-state index contributed by atoms with van der Waals surface area (Å²) in [5.41, 5.74) is 4.77. The number of pyridine rings is 2. The molecule has 1 aliphatic heterocycles. The second kappa shape index (κ2) is 9.13. The van der Waals surface area contributed by atoms with E-state index in [1.165, 1.54) is 10.4 Å². The van der Waals surface area contributed by atoms with Gasteiger partial charge in [0.25, 0.3) is 10.2 Å². The van der Waals surface area contributed by atoms with Crippen molar-refractivity contribution in [2.45, 2.75) is 25.3 Å². The van der Waals surface area contributed by atoms with E-state index in [0.717, 1.165) is 27.9 Å². The number of benzene rings is 1. The first-order chi connectivity index (χ1) is 16.4. The highest BCUT2D eigenvalue weighted by Crippen LogP contribution is 2.35. The number of nitrogens with zero attached hydrogens (tertiary/aromatic N) is 3. The van der Waals surface area contributed by atoms with Gasteiger partial charge in [0, 0.05) is 66.5 Å². The number of fused-ring (bicyclic) bond motifs is 1. The highest BCUT2D eigenvalue weighted by Gasteiger charge is 2.27. The van der Waals surface area contributed by atoms with E-state index in [-0.39, 0.29) is 11.7 Å². The molecule has 4 N–H and O–H groups in total. The van der Waals surface area contributed by atoms with Crippen molar-refractivity contribution in [3.05, 3.63) is 78.1 Å². The fourth-order valence-corrected chi connectivity index (χ4v) is 5.19. The van der Waals surface area contributed by atoms with Crippen molar-refractivity contribution in [3.8, 4) is 11.1 Å². The minimum absolute atomic E-state index is 0.151. The number of halogens is 1. The quantitative estimate of drug-likeness (QED) is 0.389. The summed E-state index contributed by atoms with van der Waals surface area (Å²) in [6.07, 6.45) is 6.45. The van der Waals surface area contributed by atoms with Gasteiger partial charge in [0.2, 0.25) is 0 Å². The second-order valence-corrected chi connectivity index (χ2v) is 10.0. The summed E-state index contributed by atoms with van der Waals surface area (Å²) in [4.78, 5) is 11.8. The number of rotatable bonds is 6. The van der Waals surface area contributed by atoms with Crippen LogP contribution in [0.3, 0.4) is 0 Å². The van der Waals surface area contributed by atoms with Crippen LogP contribution < -0.4 is 10.5 Å². The zero-order valence-corrected chi connectivity index (χ0v) is 19.2. The van der Waals surface area contributed by atoms with Crippen LogP contribution in [0.15, 0.2) is 61.1 Å². The van der Waals surface area contributed by atoms with E-state index < -0.39 is 10.2 Å². The van der Waals surface area contributed by atoms with E-state index in [9.17, 15) is 12.8 Å². The molecule has 1 saturated heterocycles. The summed E-state index contributed by atoms with van der Waals surface area (Å²) in [6.45, 7) is 1.35. The molecule has 1 aromatic carbocycles. The summed E-state index contributed by atoms with van der Waals surface area (Å²) in [7, 11) is -3.67. The molecule has 10 heteroatoms. The summed E-state index contributed by atoms with van der Waals surface area (Å²) in [5, 5.41) is 9.43. The lowest BCUT2D eigenvalue weighted by atomic mass is 9.94. The smallest absolute Gasteiger partial charge is 0.276 e. The number of H-pyrrole nitrogens is 1. The molecular weight excluding hydrogens is 455 g/mol. The molecule has 0 bridgehead atoms. The lowest BCUT2D eigenvalue weighted by Gasteiger charge is -2.29. The minimum atomic E-state index is -3.67. The maximum absolute atomic E-state index is 14.9. The van der Waals surface area contributed by atoms with E-state index in [1.807, 2.05) is 30.3 Å². The van der Waals surface area contributed by atoms with Gasteiger partial charge in [-0.25, -0.2) is 14.5 Å². The van der Waals surface area contributed by atoms with E-state index in [2.05, 4.69) is 20.3 Å². The van der Waals surface area contributed by atoms with Crippen molar-refractivity contribution in [2.24, 2.45) is 5.14 Å². The van der Waals surface area contributed by atoms with Crippen molar-refractivity contribution in [2.75, 3.05) is 18.4 Å². The third-order valence-electron chi connectivity index (χ3n) is 6.31. The van der Waals surface area contributed by atoms with Gasteiger partial charge in [-0.05, 0) is 66.4 Å². The molecule has 0 atom stereocenters. The SMILES string of the molecule is NS(=O)(=O)N1CCC(c2cc3c(-c4cc(NCc5ccncc5)ccc4F)ccnc3[nH]2)CC1. The minimum Gasteiger partial charge on any atom is -0.381 e. The molecule has 8 nitrogen and oxygen atoms in total. The Bertz CT molecular complexity index is 1420. The van der Waals surface area contributed by atoms with Crippen molar-refractivity contribution in [1.29, 1.82) is 0 Å². The van der Waals surface area contributed by atoms with Gasteiger partial charge in [-0.15, -0.1) is 0 Å². The average Bonchev–Trinajstić information content (AvgIpc) is 3.28. The van der Waals surface area contributed by atoms with Crippen molar-refractivity contribution < 1.29 is 12.8 Å². The fourth-order valence-electron chi connectivity index (χ4n) is 4.47. The number of aromatic amines is 1. The molecular formula is C24H25FN6O2S. The average molecular weight is 481 g/mol. The molecule has 0 amide bonds. The summed E-state index contributed by atoms with van der Waals surface area (Å²) in [6, 6.07) is 12.7. The van der Waals surface area contributed by atoms with Gasteiger partial charge in [0.05, 0.1) is 0 Å². The van der Waals surface area contributed by atoms with Gasteiger partial charge in [-0.1, -0.05) is 0 Å². The Morgan fingerprint density at radius 2 is 1.82 bits per heavy atom. The Morgan fingerprint density at radius 3 is 2.56 bits per heavy atom. The zero-order valence-electron chi connectivity index (χ0n) is 18.4. The lowest BCUT2D eigenvalue weighted by Crippen LogP contribution is -2.41.